The second-order valence-corrected chi connectivity index (χ2v) is 6.54. The number of rotatable bonds is 6. The number of nitrogens with two attached hydrogens (primary N) is 1. The van der Waals surface area contributed by atoms with E-state index in [2.05, 4.69) is 44.5 Å². The number of nitrogens with zero attached hydrogens (tertiary/aromatic N) is 2. The summed E-state index contributed by atoms with van der Waals surface area (Å²) in [6.45, 7) is 13.5. The summed E-state index contributed by atoms with van der Waals surface area (Å²) >= 11 is 0. The van der Waals surface area contributed by atoms with Crippen molar-refractivity contribution in [2.75, 3.05) is 33.2 Å². The van der Waals surface area contributed by atoms with Gasteiger partial charge in [0.05, 0.1) is 0 Å². The molecule has 0 aromatic rings. The zero-order valence-corrected chi connectivity index (χ0v) is 13.1. The molecule has 2 N–H and O–H groups in total. The highest BCUT2D eigenvalue weighted by atomic mass is 15.3. The van der Waals surface area contributed by atoms with Crippen LogP contribution in [0.2, 0.25) is 0 Å². The number of likely N-dealkylation sites (N-methyl/N-ethyl adjacent to an activating group) is 1. The summed E-state index contributed by atoms with van der Waals surface area (Å²) in [5.41, 5.74) is 6.65. The standard InChI is InChI=1S/C15H33N3/c1-6-8-9-15(7-2,12-16)18-11-10-17(5)14(3,4)13-18/h6-13,16H2,1-5H3. The van der Waals surface area contributed by atoms with Gasteiger partial charge in [-0.05, 0) is 33.7 Å². The molecule has 1 unspecified atom stereocenters. The molecule has 1 heterocycles. The van der Waals surface area contributed by atoms with Gasteiger partial charge in [0.2, 0.25) is 0 Å². The van der Waals surface area contributed by atoms with Crippen LogP contribution in [0.4, 0.5) is 0 Å². The zero-order valence-electron chi connectivity index (χ0n) is 13.1. The van der Waals surface area contributed by atoms with Crippen molar-refractivity contribution in [3.63, 3.8) is 0 Å². The Morgan fingerprint density at radius 2 is 1.89 bits per heavy atom. The van der Waals surface area contributed by atoms with Crippen molar-refractivity contribution in [1.29, 1.82) is 0 Å². The molecule has 0 amide bonds. The minimum Gasteiger partial charge on any atom is -0.329 e. The Balaban J connectivity index is 2.80. The first-order valence-electron chi connectivity index (χ1n) is 7.58. The fourth-order valence-electron chi connectivity index (χ4n) is 3.08. The van der Waals surface area contributed by atoms with Gasteiger partial charge in [-0.3, -0.25) is 9.80 Å². The van der Waals surface area contributed by atoms with Gasteiger partial charge in [0.1, 0.15) is 0 Å². The smallest absolute Gasteiger partial charge is 0.0330 e. The van der Waals surface area contributed by atoms with Gasteiger partial charge in [0, 0.05) is 37.3 Å². The number of hydrogen-bond acceptors (Lipinski definition) is 3. The van der Waals surface area contributed by atoms with Gasteiger partial charge in [-0.2, -0.15) is 0 Å². The summed E-state index contributed by atoms with van der Waals surface area (Å²) in [7, 11) is 2.24. The molecule has 0 aromatic carbocycles. The molecule has 1 atom stereocenters. The van der Waals surface area contributed by atoms with Crippen molar-refractivity contribution >= 4 is 0 Å². The SMILES string of the molecule is CCCCC(CC)(CN)N1CCN(C)C(C)(C)C1. The molecule has 0 aliphatic carbocycles. The van der Waals surface area contributed by atoms with Crippen molar-refractivity contribution in [3.05, 3.63) is 0 Å². The van der Waals surface area contributed by atoms with Crippen molar-refractivity contribution in [3.8, 4) is 0 Å². The molecule has 108 valence electrons. The van der Waals surface area contributed by atoms with Crippen molar-refractivity contribution in [1.82, 2.24) is 9.80 Å². The number of unbranched alkanes of at least 4 members (excludes halogenated alkanes) is 1. The second kappa shape index (κ2) is 6.36. The van der Waals surface area contributed by atoms with Crippen LogP contribution in [0.25, 0.3) is 0 Å². The van der Waals surface area contributed by atoms with Crippen LogP contribution in [0.3, 0.4) is 0 Å². The van der Waals surface area contributed by atoms with E-state index in [4.69, 9.17) is 5.73 Å². The van der Waals surface area contributed by atoms with E-state index in [1.54, 1.807) is 0 Å². The Kier molecular flexibility index (Phi) is 5.63. The quantitative estimate of drug-likeness (QED) is 0.790. The van der Waals surface area contributed by atoms with Crippen molar-refractivity contribution in [2.45, 2.75) is 64.5 Å². The summed E-state index contributed by atoms with van der Waals surface area (Å²) in [6, 6.07) is 0. The fourth-order valence-corrected chi connectivity index (χ4v) is 3.08. The Morgan fingerprint density at radius 1 is 1.22 bits per heavy atom. The Bertz CT molecular complexity index is 246. The summed E-state index contributed by atoms with van der Waals surface area (Å²) in [5, 5.41) is 0. The third-order valence-corrected chi connectivity index (χ3v) is 5.02. The van der Waals surface area contributed by atoms with Crippen molar-refractivity contribution in [2.24, 2.45) is 5.73 Å². The predicted molar refractivity (Wildman–Crippen MR) is 79.9 cm³/mol. The van der Waals surface area contributed by atoms with Crippen molar-refractivity contribution < 1.29 is 0 Å². The highest BCUT2D eigenvalue weighted by Crippen LogP contribution is 2.30. The van der Waals surface area contributed by atoms with Crippen LogP contribution >= 0.6 is 0 Å². The molecule has 1 aliphatic heterocycles. The minimum absolute atomic E-state index is 0.231. The summed E-state index contributed by atoms with van der Waals surface area (Å²) < 4.78 is 0. The molecule has 3 nitrogen and oxygen atoms in total. The Morgan fingerprint density at radius 3 is 2.33 bits per heavy atom. The lowest BCUT2D eigenvalue weighted by molar-refractivity contribution is -0.0279. The highest BCUT2D eigenvalue weighted by molar-refractivity contribution is 4.98. The third kappa shape index (κ3) is 3.25. The molecule has 3 heteroatoms. The van der Waals surface area contributed by atoms with Gasteiger partial charge < -0.3 is 5.73 Å². The van der Waals surface area contributed by atoms with Crippen LogP contribution in [0.1, 0.15) is 53.4 Å². The van der Waals surface area contributed by atoms with Crippen LogP contribution in [-0.4, -0.2) is 54.1 Å². The minimum atomic E-state index is 0.231. The molecule has 1 saturated heterocycles. The molecule has 1 rings (SSSR count). The molecule has 1 aliphatic rings. The maximum Gasteiger partial charge on any atom is 0.0330 e. The van der Waals surface area contributed by atoms with Gasteiger partial charge in [-0.15, -0.1) is 0 Å². The molecule has 18 heavy (non-hydrogen) atoms. The molecule has 0 aromatic heterocycles. The average Bonchev–Trinajstić information content (AvgIpc) is 2.35. The molecule has 0 radical (unpaired) electrons. The van der Waals surface area contributed by atoms with Crippen LogP contribution in [0.15, 0.2) is 0 Å². The van der Waals surface area contributed by atoms with E-state index in [1.807, 2.05) is 0 Å². The maximum absolute atomic E-state index is 6.16. The monoisotopic (exact) mass is 255 g/mol. The van der Waals surface area contributed by atoms with E-state index in [0.29, 0.717) is 0 Å². The van der Waals surface area contributed by atoms with E-state index >= 15 is 0 Å². The number of piperazine rings is 1. The normalized spacial score (nSPS) is 25.0. The lowest BCUT2D eigenvalue weighted by atomic mass is 9.85. The fraction of sp³-hybridized carbons (Fsp3) is 1.00. The summed E-state index contributed by atoms with van der Waals surface area (Å²) in [4.78, 5) is 5.14. The lowest BCUT2D eigenvalue weighted by Crippen LogP contribution is -2.65. The Hall–Kier alpha value is -0.120. The highest BCUT2D eigenvalue weighted by Gasteiger charge is 2.40. The number of hydrogen-bond donors (Lipinski definition) is 1. The molecule has 1 fully saturated rings. The van der Waals surface area contributed by atoms with E-state index in [1.165, 1.54) is 25.7 Å². The van der Waals surface area contributed by atoms with E-state index in [9.17, 15) is 0 Å². The molecule has 0 bridgehead atoms. The van der Waals surface area contributed by atoms with Gasteiger partial charge in [-0.25, -0.2) is 0 Å². The molecule has 0 spiro atoms. The average molecular weight is 255 g/mol. The molecular weight excluding hydrogens is 222 g/mol. The zero-order chi connectivity index (χ0) is 13.8. The van der Waals surface area contributed by atoms with Crippen LogP contribution in [0, 0.1) is 0 Å². The van der Waals surface area contributed by atoms with Gasteiger partial charge in [-0.1, -0.05) is 26.7 Å². The van der Waals surface area contributed by atoms with E-state index < -0.39 is 0 Å². The van der Waals surface area contributed by atoms with E-state index in [0.717, 1.165) is 26.2 Å². The van der Waals surface area contributed by atoms with E-state index in [-0.39, 0.29) is 11.1 Å². The first kappa shape index (κ1) is 15.9. The van der Waals surface area contributed by atoms with Crippen LogP contribution < -0.4 is 5.73 Å². The largest absolute Gasteiger partial charge is 0.329 e. The third-order valence-electron chi connectivity index (χ3n) is 5.02. The second-order valence-electron chi connectivity index (χ2n) is 6.54. The van der Waals surface area contributed by atoms with Crippen LogP contribution in [0.5, 0.6) is 0 Å². The summed E-state index contributed by atoms with van der Waals surface area (Å²) in [5.74, 6) is 0. The van der Waals surface area contributed by atoms with Gasteiger partial charge in [0.15, 0.2) is 0 Å². The van der Waals surface area contributed by atoms with Gasteiger partial charge in [0.25, 0.3) is 0 Å². The first-order chi connectivity index (χ1) is 8.41. The van der Waals surface area contributed by atoms with Crippen LogP contribution in [-0.2, 0) is 0 Å². The topological polar surface area (TPSA) is 32.5 Å². The molecule has 0 saturated carbocycles. The van der Waals surface area contributed by atoms with Gasteiger partial charge >= 0.3 is 0 Å². The lowest BCUT2D eigenvalue weighted by Gasteiger charge is -2.53. The molecular formula is C15H33N3. The first-order valence-corrected chi connectivity index (χ1v) is 7.58. The Labute approximate surface area is 114 Å². The maximum atomic E-state index is 6.16. The predicted octanol–water partition coefficient (Wildman–Crippen LogP) is 2.31. The summed E-state index contributed by atoms with van der Waals surface area (Å²) in [6.07, 6.45) is 4.97.